The van der Waals surface area contributed by atoms with Crippen LogP contribution in [0.5, 0.6) is 5.75 Å². The molecule has 0 radical (unpaired) electrons. The molecule has 5 nitrogen and oxygen atoms in total. The molecule has 0 aliphatic carbocycles. The van der Waals surface area contributed by atoms with E-state index in [0.29, 0.717) is 12.2 Å². The highest BCUT2D eigenvalue weighted by atomic mass is 32.1. The van der Waals surface area contributed by atoms with Crippen LogP contribution in [0, 0.1) is 0 Å². The Morgan fingerprint density at radius 2 is 2.33 bits per heavy atom. The van der Waals surface area contributed by atoms with Crippen molar-refractivity contribution in [2.75, 3.05) is 11.1 Å². The van der Waals surface area contributed by atoms with Gasteiger partial charge in [-0.15, -0.1) is 0 Å². The summed E-state index contributed by atoms with van der Waals surface area (Å²) >= 11 is 1.27. The number of nitrogens with zero attached hydrogens (tertiary/aromatic N) is 2. The Morgan fingerprint density at radius 1 is 1.47 bits per heavy atom. The number of nitrogens with two attached hydrogens (primary N) is 1. The number of aromatic nitrogens is 2. The Balaban J connectivity index is 2.07. The average molecular weight is 222 g/mol. The third kappa shape index (κ3) is 2.35. The van der Waals surface area contributed by atoms with E-state index in [-0.39, 0.29) is 5.75 Å². The first-order valence-corrected chi connectivity index (χ1v) is 5.11. The minimum absolute atomic E-state index is 0.223. The topological polar surface area (TPSA) is 84.1 Å². The lowest BCUT2D eigenvalue weighted by Crippen LogP contribution is -2.00. The summed E-state index contributed by atoms with van der Waals surface area (Å²) in [5, 5.41) is 13.3. The fourth-order valence-corrected chi connectivity index (χ4v) is 1.59. The zero-order valence-electron chi connectivity index (χ0n) is 7.84. The second-order valence-electron chi connectivity index (χ2n) is 2.99. The second kappa shape index (κ2) is 4.14. The molecular weight excluding hydrogens is 212 g/mol. The molecule has 6 heteroatoms. The fourth-order valence-electron chi connectivity index (χ4n) is 1.17. The third-order valence-electron chi connectivity index (χ3n) is 1.89. The number of nitrogens with one attached hydrogen (secondary N) is 1. The molecule has 1 heterocycles. The molecule has 78 valence electrons. The van der Waals surface area contributed by atoms with Crippen LogP contribution >= 0.6 is 11.5 Å². The van der Waals surface area contributed by atoms with Crippen molar-refractivity contribution >= 4 is 22.4 Å². The van der Waals surface area contributed by atoms with Crippen molar-refractivity contribution in [2.24, 2.45) is 0 Å². The zero-order valence-corrected chi connectivity index (χ0v) is 8.66. The van der Waals surface area contributed by atoms with Crippen LogP contribution in [-0.2, 0) is 6.54 Å². The van der Waals surface area contributed by atoms with Crippen LogP contribution in [0.2, 0.25) is 0 Å². The Kier molecular flexibility index (Phi) is 2.68. The first kappa shape index (κ1) is 9.72. The fraction of sp³-hybridized carbons (Fsp3) is 0.111. The Morgan fingerprint density at radius 3 is 3.07 bits per heavy atom. The lowest BCUT2D eigenvalue weighted by atomic mass is 10.2. The zero-order chi connectivity index (χ0) is 10.7. The first-order chi connectivity index (χ1) is 7.25. The number of nitrogen functional groups attached to an aromatic ring is 1. The lowest BCUT2D eigenvalue weighted by Gasteiger charge is -2.05. The van der Waals surface area contributed by atoms with Gasteiger partial charge in [0.05, 0.1) is 0 Å². The molecule has 4 N–H and O–H groups in total. The molecule has 0 unspecified atom stereocenters. The van der Waals surface area contributed by atoms with Gasteiger partial charge in [0.25, 0.3) is 0 Å². The number of anilines is 2. The summed E-state index contributed by atoms with van der Waals surface area (Å²) in [6, 6.07) is 4.96. The Labute approximate surface area is 90.8 Å². The number of aromatic hydroxyl groups is 1. The molecule has 0 spiro atoms. The van der Waals surface area contributed by atoms with Crippen LogP contribution < -0.4 is 11.1 Å². The third-order valence-corrected chi connectivity index (χ3v) is 2.52. The van der Waals surface area contributed by atoms with Gasteiger partial charge < -0.3 is 16.2 Å². The van der Waals surface area contributed by atoms with Gasteiger partial charge in [-0.2, -0.15) is 4.37 Å². The van der Waals surface area contributed by atoms with Gasteiger partial charge in [0.1, 0.15) is 12.1 Å². The molecule has 0 saturated heterocycles. The van der Waals surface area contributed by atoms with Gasteiger partial charge in [0, 0.05) is 29.3 Å². The van der Waals surface area contributed by atoms with Crippen LogP contribution in [0.4, 0.5) is 10.8 Å². The second-order valence-corrected chi connectivity index (χ2v) is 3.77. The maximum atomic E-state index is 9.54. The van der Waals surface area contributed by atoms with Crippen molar-refractivity contribution in [2.45, 2.75) is 6.54 Å². The predicted octanol–water partition coefficient (Wildman–Crippen LogP) is 1.44. The van der Waals surface area contributed by atoms with Gasteiger partial charge in [0.2, 0.25) is 5.13 Å². The summed E-state index contributed by atoms with van der Waals surface area (Å²) in [5.74, 6) is 0.223. The van der Waals surface area contributed by atoms with E-state index in [1.807, 2.05) is 0 Å². The van der Waals surface area contributed by atoms with Crippen LogP contribution in [0.1, 0.15) is 5.56 Å². The largest absolute Gasteiger partial charge is 0.508 e. The van der Waals surface area contributed by atoms with Gasteiger partial charge in [-0.3, -0.25) is 0 Å². The van der Waals surface area contributed by atoms with Gasteiger partial charge >= 0.3 is 0 Å². The van der Waals surface area contributed by atoms with Gasteiger partial charge in [-0.25, -0.2) is 4.98 Å². The SMILES string of the molecule is Nc1ccc(O)c(CNc2ncns2)c1. The number of phenolic OH excluding ortho intramolecular Hbond substituents is 1. The summed E-state index contributed by atoms with van der Waals surface area (Å²) in [6.07, 6.45) is 1.48. The quantitative estimate of drug-likeness (QED) is 0.540. The maximum Gasteiger partial charge on any atom is 0.202 e. The molecule has 2 aromatic rings. The van der Waals surface area contributed by atoms with Crippen molar-refractivity contribution in [3.8, 4) is 5.75 Å². The molecule has 1 aromatic carbocycles. The minimum Gasteiger partial charge on any atom is -0.508 e. The summed E-state index contributed by atoms with van der Waals surface area (Å²) in [7, 11) is 0. The standard InChI is InChI=1S/C9H10N4OS/c10-7-1-2-8(14)6(3-7)4-11-9-12-5-13-15-9/h1-3,5,14H,4,10H2,(H,11,12,13). The van der Waals surface area contributed by atoms with Crippen molar-refractivity contribution in [1.82, 2.24) is 9.36 Å². The van der Waals surface area contributed by atoms with Crippen LogP contribution in [-0.4, -0.2) is 14.5 Å². The molecule has 0 amide bonds. The molecule has 0 aliphatic heterocycles. The van der Waals surface area contributed by atoms with E-state index in [9.17, 15) is 5.11 Å². The minimum atomic E-state index is 0.223. The van der Waals surface area contributed by atoms with Crippen molar-refractivity contribution in [3.63, 3.8) is 0 Å². The van der Waals surface area contributed by atoms with Crippen molar-refractivity contribution < 1.29 is 5.11 Å². The molecule has 0 bridgehead atoms. The number of phenols is 1. The molecule has 1 aromatic heterocycles. The molecule has 0 atom stereocenters. The van der Waals surface area contributed by atoms with E-state index in [4.69, 9.17) is 5.73 Å². The van der Waals surface area contributed by atoms with Crippen LogP contribution in [0.15, 0.2) is 24.5 Å². The Hall–Kier alpha value is -1.82. The van der Waals surface area contributed by atoms with Crippen LogP contribution in [0.3, 0.4) is 0 Å². The first-order valence-electron chi connectivity index (χ1n) is 4.33. The molecule has 15 heavy (non-hydrogen) atoms. The molecule has 2 rings (SSSR count). The van der Waals surface area contributed by atoms with Gasteiger partial charge in [-0.1, -0.05) is 0 Å². The van der Waals surface area contributed by atoms with Crippen molar-refractivity contribution in [1.29, 1.82) is 0 Å². The molecular formula is C9H10N4OS. The number of benzene rings is 1. The van der Waals surface area contributed by atoms with E-state index in [0.717, 1.165) is 10.7 Å². The highest BCUT2D eigenvalue weighted by Crippen LogP contribution is 2.21. The monoisotopic (exact) mass is 222 g/mol. The smallest absolute Gasteiger partial charge is 0.202 e. The van der Waals surface area contributed by atoms with E-state index in [2.05, 4.69) is 14.7 Å². The van der Waals surface area contributed by atoms with Gasteiger partial charge in [-0.05, 0) is 18.2 Å². The molecule has 0 aliphatic rings. The summed E-state index contributed by atoms with van der Waals surface area (Å²) in [5.41, 5.74) is 6.98. The van der Waals surface area contributed by atoms with Gasteiger partial charge in [0.15, 0.2) is 0 Å². The summed E-state index contributed by atoms with van der Waals surface area (Å²) in [6.45, 7) is 0.478. The van der Waals surface area contributed by atoms with E-state index in [1.54, 1.807) is 18.2 Å². The Bertz CT molecular complexity index is 443. The summed E-state index contributed by atoms with van der Waals surface area (Å²) < 4.78 is 3.86. The normalized spacial score (nSPS) is 10.1. The summed E-state index contributed by atoms with van der Waals surface area (Å²) in [4.78, 5) is 3.97. The van der Waals surface area contributed by atoms with E-state index < -0.39 is 0 Å². The van der Waals surface area contributed by atoms with Crippen molar-refractivity contribution in [3.05, 3.63) is 30.1 Å². The predicted molar refractivity (Wildman–Crippen MR) is 59.8 cm³/mol. The average Bonchev–Trinajstić information content (AvgIpc) is 2.72. The van der Waals surface area contributed by atoms with Crippen LogP contribution in [0.25, 0.3) is 0 Å². The lowest BCUT2D eigenvalue weighted by molar-refractivity contribution is 0.469. The number of hydrogen-bond acceptors (Lipinski definition) is 6. The van der Waals surface area contributed by atoms with E-state index in [1.165, 1.54) is 17.9 Å². The highest BCUT2D eigenvalue weighted by Gasteiger charge is 2.02. The maximum absolute atomic E-state index is 9.54. The highest BCUT2D eigenvalue weighted by molar-refractivity contribution is 7.09. The molecule has 0 fully saturated rings. The number of hydrogen-bond donors (Lipinski definition) is 3. The number of rotatable bonds is 3. The van der Waals surface area contributed by atoms with E-state index >= 15 is 0 Å². The molecule has 0 saturated carbocycles.